The molecule has 4 nitrogen and oxygen atoms in total. The zero-order valence-corrected chi connectivity index (χ0v) is 10.5. The van der Waals surface area contributed by atoms with Gasteiger partial charge in [0.1, 0.15) is 5.82 Å². The van der Waals surface area contributed by atoms with Crippen LogP contribution in [-0.2, 0) is 0 Å². The van der Waals surface area contributed by atoms with Gasteiger partial charge < -0.3 is 10.2 Å². The van der Waals surface area contributed by atoms with E-state index in [4.69, 9.17) is 0 Å². The molecule has 1 aromatic heterocycles. The van der Waals surface area contributed by atoms with Crippen molar-refractivity contribution in [3.05, 3.63) is 11.8 Å². The quantitative estimate of drug-likeness (QED) is 0.841. The summed E-state index contributed by atoms with van der Waals surface area (Å²) in [6, 6.07) is 0. The first-order valence-electron chi connectivity index (χ1n) is 5.84. The number of aromatic nitrogens is 2. The lowest BCUT2D eigenvalue weighted by molar-refractivity contribution is 0.717. The van der Waals surface area contributed by atoms with Gasteiger partial charge in [-0.25, -0.2) is 4.98 Å². The largest absolute Gasteiger partial charge is 0.359 e. The highest BCUT2D eigenvalue weighted by Gasteiger charge is 2.33. The van der Waals surface area contributed by atoms with E-state index in [0.29, 0.717) is 5.95 Å². The molecule has 1 aliphatic rings. The predicted octanol–water partition coefficient (Wildman–Crippen LogP) is 1.92. The molecule has 0 saturated heterocycles. The molecule has 88 valence electrons. The van der Waals surface area contributed by atoms with Crippen LogP contribution in [0.3, 0.4) is 0 Å². The van der Waals surface area contributed by atoms with Crippen molar-refractivity contribution in [1.29, 1.82) is 0 Å². The summed E-state index contributed by atoms with van der Waals surface area (Å²) < 4.78 is 0. The highest BCUT2D eigenvalue weighted by molar-refractivity contribution is 5.48. The molecule has 16 heavy (non-hydrogen) atoms. The van der Waals surface area contributed by atoms with Crippen LogP contribution in [0.1, 0.15) is 18.9 Å². The van der Waals surface area contributed by atoms with Crippen LogP contribution in [0, 0.1) is 18.8 Å². The molecule has 0 aliphatic heterocycles. The smallest absolute Gasteiger partial charge is 0.224 e. The van der Waals surface area contributed by atoms with Crippen molar-refractivity contribution in [1.82, 2.24) is 9.97 Å². The average molecular weight is 220 g/mol. The SMILES string of the molecule is CNc1ncc(C)c(N(C)CC2CC2C)n1. The van der Waals surface area contributed by atoms with Crippen molar-refractivity contribution < 1.29 is 0 Å². The third-order valence-electron chi connectivity index (χ3n) is 3.31. The number of nitrogens with zero attached hydrogens (tertiary/aromatic N) is 3. The van der Waals surface area contributed by atoms with E-state index < -0.39 is 0 Å². The fourth-order valence-electron chi connectivity index (χ4n) is 2.03. The van der Waals surface area contributed by atoms with Crippen molar-refractivity contribution in [3.8, 4) is 0 Å². The Kier molecular flexibility index (Phi) is 2.99. The van der Waals surface area contributed by atoms with E-state index in [2.05, 4.69) is 41.1 Å². The van der Waals surface area contributed by atoms with E-state index in [9.17, 15) is 0 Å². The van der Waals surface area contributed by atoms with Crippen molar-refractivity contribution in [2.75, 3.05) is 30.9 Å². The fourth-order valence-corrected chi connectivity index (χ4v) is 2.03. The second-order valence-electron chi connectivity index (χ2n) is 4.80. The van der Waals surface area contributed by atoms with Crippen LogP contribution < -0.4 is 10.2 Å². The topological polar surface area (TPSA) is 41.1 Å². The molecule has 1 aliphatic carbocycles. The van der Waals surface area contributed by atoms with E-state index in [1.165, 1.54) is 6.42 Å². The number of anilines is 2. The van der Waals surface area contributed by atoms with Gasteiger partial charge in [0.15, 0.2) is 0 Å². The van der Waals surface area contributed by atoms with Gasteiger partial charge in [0.25, 0.3) is 0 Å². The van der Waals surface area contributed by atoms with Crippen LogP contribution in [0.15, 0.2) is 6.20 Å². The predicted molar refractivity (Wildman–Crippen MR) is 66.9 cm³/mol. The maximum Gasteiger partial charge on any atom is 0.224 e. The molecular weight excluding hydrogens is 200 g/mol. The summed E-state index contributed by atoms with van der Waals surface area (Å²) in [6.07, 6.45) is 3.23. The van der Waals surface area contributed by atoms with Crippen molar-refractivity contribution in [2.45, 2.75) is 20.3 Å². The van der Waals surface area contributed by atoms with Crippen LogP contribution in [0.4, 0.5) is 11.8 Å². The van der Waals surface area contributed by atoms with Crippen LogP contribution in [-0.4, -0.2) is 30.6 Å². The molecule has 0 bridgehead atoms. The molecule has 1 saturated carbocycles. The van der Waals surface area contributed by atoms with Gasteiger partial charge in [-0.15, -0.1) is 0 Å². The minimum Gasteiger partial charge on any atom is -0.359 e. The van der Waals surface area contributed by atoms with E-state index in [-0.39, 0.29) is 0 Å². The molecule has 0 spiro atoms. The van der Waals surface area contributed by atoms with Gasteiger partial charge in [0.05, 0.1) is 0 Å². The molecule has 1 heterocycles. The van der Waals surface area contributed by atoms with Crippen LogP contribution in [0.25, 0.3) is 0 Å². The van der Waals surface area contributed by atoms with Gasteiger partial charge >= 0.3 is 0 Å². The molecule has 1 aromatic rings. The van der Waals surface area contributed by atoms with Crippen LogP contribution >= 0.6 is 0 Å². The summed E-state index contributed by atoms with van der Waals surface area (Å²) in [6.45, 7) is 5.47. The Balaban J connectivity index is 2.11. The van der Waals surface area contributed by atoms with Crippen molar-refractivity contribution in [3.63, 3.8) is 0 Å². The number of hydrogen-bond donors (Lipinski definition) is 1. The zero-order chi connectivity index (χ0) is 11.7. The third kappa shape index (κ3) is 2.26. The van der Waals surface area contributed by atoms with Gasteiger partial charge in [0.2, 0.25) is 5.95 Å². The molecule has 4 heteroatoms. The monoisotopic (exact) mass is 220 g/mol. The molecule has 0 amide bonds. The Bertz CT molecular complexity index is 377. The van der Waals surface area contributed by atoms with Crippen molar-refractivity contribution >= 4 is 11.8 Å². The van der Waals surface area contributed by atoms with Crippen molar-refractivity contribution in [2.24, 2.45) is 11.8 Å². The number of rotatable bonds is 4. The first-order chi connectivity index (χ1) is 7.61. The fraction of sp³-hybridized carbons (Fsp3) is 0.667. The molecule has 1 fully saturated rings. The second-order valence-corrected chi connectivity index (χ2v) is 4.80. The maximum absolute atomic E-state index is 4.50. The summed E-state index contributed by atoms with van der Waals surface area (Å²) in [5, 5.41) is 2.98. The highest BCUT2D eigenvalue weighted by Crippen LogP contribution is 2.38. The minimum atomic E-state index is 0.691. The van der Waals surface area contributed by atoms with Gasteiger partial charge in [0, 0.05) is 32.4 Å². The summed E-state index contributed by atoms with van der Waals surface area (Å²) >= 11 is 0. The maximum atomic E-state index is 4.50. The highest BCUT2D eigenvalue weighted by atomic mass is 15.2. The first-order valence-corrected chi connectivity index (χ1v) is 5.84. The van der Waals surface area contributed by atoms with Gasteiger partial charge in [-0.3, -0.25) is 0 Å². The van der Waals surface area contributed by atoms with Gasteiger partial charge in [-0.05, 0) is 25.2 Å². The molecule has 0 radical (unpaired) electrons. The molecule has 2 unspecified atom stereocenters. The second kappa shape index (κ2) is 4.28. The lowest BCUT2D eigenvalue weighted by Gasteiger charge is -2.20. The standard InChI is InChI=1S/C12H20N4/c1-8-5-10(8)7-16(4)11-9(2)6-14-12(13-3)15-11/h6,8,10H,5,7H2,1-4H3,(H,13,14,15). The summed E-state index contributed by atoms with van der Waals surface area (Å²) in [5.41, 5.74) is 1.13. The summed E-state index contributed by atoms with van der Waals surface area (Å²) in [7, 11) is 3.96. The average Bonchev–Trinajstić information content (AvgIpc) is 2.94. The number of hydrogen-bond acceptors (Lipinski definition) is 4. The van der Waals surface area contributed by atoms with Gasteiger partial charge in [-0.1, -0.05) is 6.92 Å². The third-order valence-corrected chi connectivity index (χ3v) is 3.31. The number of nitrogens with one attached hydrogen (secondary N) is 1. The molecular formula is C12H20N4. The Morgan fingerprint density at radius 1 is 1.56 bits per heavy atom. The Labute approximate surface area is 97.1 Å². The summed E-state index contributed by atoms with van der Waals surface area (Å²) in [4.78, 5) is 10.9. The summed E-state index contributed by atoms with van der Waals surface area (Å²) in [5.74, 6) is 3.46. The van der Waals surface area contributed by atoms with E-state index in [1.807, 2.05) is 13.2 Å². The Morgan fingerprint density at radius 3 is 2.81 bits per heavy atom. The first kappa shape index (κ1) is 11.2. The molecule has 2 atom stereocenters. The van der Waals surface area contributed by atoms with E-state index >= 15 is 0 Å². The van der Waals surface area contributed by atoms with Crippen LogP contribution in [0.2, 0.25) is 0 Å². The molecule has 0 aromatic carbocycles. The Morgan fingerprint density at radius 2 is 2.25 bits per heavy atom. The minimum absolute atomic E-state index is 0.691. The number of aryl methyl sites for hydroxylation is 1. The zero-order valence-electron chi connectivity index (χ0n) is 10.5. The normalized spacial score (nSPS) is 23.0. The Hall–Kier alpha value is -1.32. The lowest BCUT2D eigenvalue weighted by atomic mass is 10.3. The van der Waals surface area contributed by atoms with Gasteiger partial charge in [-0.2, -0.15) is 4.98 Å². The molecule has 2 rings (SSSR count). The molecule has 1 N–H and O–H groups in total. The van der Waals surface area contributed by atoms with Crippen LogP contribution in [0.5, 0.6) is 0 Å². The van der Waals surface area contributed by atoms with E-state index in [1.54, 1.807) is 0 Å². The lowest BCUT2D eigenvalue weighted by Crippen LogP contribution is -2.23. The van der Waals surface area contributed by atoms with E-state index in [0.717, 1.165) is 29.8 Å².